The molecule has 34 heavy (non-hydrogen) atoms. The minimum absolute atomic E-state index is 0.166. The number of hydrazone groups is 1. The van der Waals surface area contributed by atoms with Crippen molar-refractivity contribution in [2.75, 3.05) is 6.61 Å². The zero-order valence-corrected chi connectivity index (χ0v) is 19.5. The number of imide groups is 1. The molecule has 0 radical (unpaired) electrons. The van der Waals surface area contributed by atoms with Gasteiger partial charge in [-0.2, -0.15) is 10.1 Å². The Bertz CT molecular complexity index is 1190. The van der Waals surface area contributed by atoms with E-state index in [0.29, 0.717) is 47.1 Å². The van der Waals surface area contributed by atoms with Crippen LogP contribution in [0.3, 0.4) is 0 Å². The summed E-state index contributed by atoms with van der Waals surface area (Å²) in [6.07, 6.45) is 7.01. The van der Waals surface area contributed by atoms with E-state index in [0.717, 1.165) is 17.0 Å². The minimum Gasteiger partial charge on any atom is -0.490 e. The molecule has 0 spiro atoms. The number of carbonyl (C=O) groups excluding carboxylic acids is 2. The van der Waals surface area contributed by atoms with Gasteiger partial charge in [0.1, 0.15) is 6.61 Å². The number of benzene rings is 2. The van der Waals surface area contributed by atoms with Gasteiger partial charge in [-0.15, -0.1) is 0 Å². The summed E-state index contributed by atoms with van der Waals surface area (Å²) in [7, 11) is 0. The maximum atomic E-state index is 13.1. The number of rotatable bonds is 7. The van der Waals surface area contributed by atoms with Crippen molar-refractivity contribution >= 4 is 29.6 Å². The second kappa shape index (κ2) is 8.27. The Morgan fingerprint density at radius 1 is 1.00 bits per heavy atom. The van der Waals surface area contributed by atoms with Crippen LogP contribution >= 0.6 is 11.6 Å². The van der Waals surface area contributed by atoms with Crippen molar-refractivity contribution in [1.82, 2.24) is 5.01 Å². The van der Waals surface area contributed by atoms with Crippen molar-refractivity contribution in [2.45, 2.75) is 20.0 Å². The highest BCUT2D eigenvalue weighted by Gasteiger charge is 2.67. The molecule has 4 aliphatic carbocycles. The Hall–Kier alpha value is -3.12. The second-order valence-electron chi connectivity index (χ2n) is 9.41. The van der Waals surface area contributed by atoms with E-state index in [1.807, 2.05) is 37.3 Å². The molecule has 1 saturated heterocycles. The average molecular weight is 477 g/mol. The van der Waals surface area contributed by atoms with E-state index in [2.05, 4.69) is 17.3 Å². The summed E-state index contributed by atoms with van der Waals surface area (Å²) in [6, 6.07) is 12.9. The van der Waals surface area contributed by atoms with Crippen LogP contribution in [0.2, 0.25) is 5.02 Å². The predicted molar refractivity (Wildman–Crippen MR) is 128 cm³/mol. The fourth-order valence-electron chi connectivity index (χ4n) is 5.94. The van der Waals surface area contributed by atoms with Gasteiger partial charge in [-0.05, 0) is 66.8 Å². The molecule has 2 bridgehead atoms. The molecule has 174 valence electrons. The van der Waals surface area contributed by atoms with Crippen LogP contribution in [0.15, 0.2) is 59.7 Å². The smallest absolute Gasteiger partial charge is 0.254 e. The summed E-state index contributed by atoms with van der Waals surface area (Å²) in [6.45, 7) is 2.67. The van der Waals surface area contributed by atoms with E-state index in [9.17, 15) is 9.59 Å². The Kier molecular flexibility index (Phi) is 5.21. The van der Waals surface area contributed by atoms with Crippen molar-refractivity contribution in [2.24, 2.45) is 40.6 Å². The zero-order chi connectivity index (χ0) is 23.4. The van der Waals surface area contributed by atoms with Crippen LogP contribution in [0.25, 0.3) is 0 Å². The third-order valence-corrected chi connectivity index (χ3v) is 7.94. The molecule has 3 fully saturated rings. The van der Waals surface area contributed by atoms with Crippen molar-refractivity contribution in [3.63, 3.8) is 0 Å². The first-order chi connectivity index (χ1) is 16.6. The maximum absolute atomic E-state index is 13.1. The van der Waals surface area contributed by atoms with E-state index < -0.39 is 0 Å². The number of nitrogens with zero attached hydrogens (tertiary/aromatic N) is 2. The number of amides is 2. The van der Waals surface area contributed by atoms with Gasteiger partial charge in [0.05, 0.1) is 24.7 Å². The second-order valence-corrected chi connectivity index (χ2v) is 9.81. The van der Waals surface area contributed by atoms with Gasteiger partial charge in [0, 0.05) is 10.6 Å². The molecule has 5 aliphatic rings. The minimum atomic E-state index is -0.247. The van der Waals surface area contributed by atoms with Gasteiger partial charge in [-0.3, -0.25) is 9.59 Å². The van der Waals surface area contributed by atoms with Gasteiger partial charge < -0.3 is 9.47 Å². The summed E-state index contributed by atoms with van der Waals surface area (Å²) >= 11 is 6.23. The maximum Gasteiger partial charge on any atom is 0.254 e. The van der Waals surface area contributed by atoms with Gasteiger partial charge >= 0.3 is 0 Å². The number of hydrogen-bond acceptors (Lipinski definition) is 5. The molecule has 0 N–H and O–H groups in total. The van der Waals surface area contributed by atoms with Gasteiger partial charge in [0.15, 0.2) is 11.5 Å². The van der Waals surface area contributed by atoms with Gasteiger partial charge in [-0.25, -0.2) is 0 Å². The lowest BCUT2D eigenvalue weighted by molar-refractivity contribution is -0.140. The third-order valence-electron chi connectivity index (χ3n) is 7.57. The van der Waals surface area contributed by atoms with E-state index >= 15 is 0 Å². The topological polar surface area (TPSA) is 68.2 Å². The van der Waals surface area contributed by atoms with E-state index in [1.165, 1.54) is 0 Å². The first kappa shape index (κ1) is 21.4. The fourth-order valence-corrected chi connectivity index (χ4v) is 6.13. The zero-order valence-electron chi connectivity index (χ0n) is 18.8. The molecule has 2 aromatic carbocycles. The standard InChI is InChI=1S/C27H25ClN2O4/c1-2-33-23-11-15(7-10-22(23)34-14-16-5-3-4-6-21(16)28)13-29-30-26(31)24-17-8-9-18(20-12-19(17)20)25(24)27(30)32/h3-11,13,17-20,24-25H,2,12,14H2,1H3/t17-,18-,19-,20+,24+,25+/m0/s1. The molecule has 7 rings (SSSR count). The molecule has 2 aromatic rings. The Labute approximate surface area is 203 Å². The summed E-state index contributed by atoms with van der Waals surface area (Å²) in [5.74, 6) is 1.85. The van der Waals surface area contributed by atoms with E-state index in [4.69, 9.17) is 21.1 Å². The normalized spacial score (nSPS) is 30.6. The number of allylic oxidation sites excluding steroid dienone is 2. The Balaban J connectivity index is 1.19. The third kappa shape index (κ3) is 3.43. The van der Waals surface area contributed by atoms with Gasteiger partial charge in [0.25, 0.3) is 11.8 Å². The van der Waals surface area contributed by atoms with Crippen LogP contribution < -0.4 is 9.47 Å². The van der Waals surface area contributed by atoms with Crippen LogP contribution in [-0.2, 0) is 16.2 Å². The Morgan fingerprint density at radius 3 is 2.38 bits per heavy atom. The Morgan fingerprint density at radius 2 is 1.71 bits per heavy atom. The molecule has 6 nitrogen and oxygen atoms in total. The predicted octanol–water partition coefficient (Wildman–Crippen LogP) is 4.70. The number of halogens is 1. The van der Waals surface area contributed by atoms with E-state index in [-0.39, 0.29) is 35.5 Å². The summed E-state index contributed by atoms with van der Waals surface area (Å²) in [5.41, 5.74) is 1.60. The van der Waals surface area contributed by atoms with Crippen LogP contribution in [-0.4, -0.2) is 29.6 Å². The van der Waals surface area contributed by atoms with Crippen LogP contribution in [0.5, 0.6) is 11.5 Å². The highest BCUT2D eigenvalue weighted by Crippen LogP contribution is 2.65. The van der Waals surface area contributed by atoms with Crippen LogP contribution in [0, 0.1) is 35.5 Å². The SMILES string of the molecule is CCOc1cc(C=NN2C(=O)[C@@H]3[C@H]4C=C[C@@H]([C@@H]5C[C@H]45)[C@H]3C2=O)ccc1OCc1ccccc1Cl. The average Bonchev–Trinajstić information content (AvgIpc) is 3.63. The van der Waals surface area contributed by atoms with Crippen molar-refractivity contribution in [3.05, 3.63) is 70.8 Å². The van der Waals surface area contributed by atoms with Gasteiger partial charge in [-0.1, -0.05) is 42.0 Å². The highest BCUT2D eigenvalue weighted by molar-refractivity contribution is 6.31. The largest absolute Gasteiger partial charge is 0.490 e. The molecule has 0 unspecified atom stereocenters. The molecule has 2 saturated carbocycles. The van der Waals surface area contributed by atoms with Crippen molar-refractivity contribution in [1.29, 1.82) is 0 Å². The fraction of sp³-hybridized carbons (Fsp3) is 0.370. The quantitative estimate of drug-likeness (QED) is 0.330. The van der Waals surface area contributed by atoms with Crippen molar-refractivity contribution in [3.8, 4) is 11.5 Å². The highest BCUT2D eigenvalue weighted by atomic mass is 35.5. The molecule has 1 aliphatic heterocycles. The molecular weight excluding hydrogens is 452 g/mol. The first-order valence-electron chi connectivity index (χ1n) is 11.8. The lowest BCUT2D eigenvalue weighted by atomic mass is 9.63. The lowest BCUT2D eigenvalue weighted by Crippen LogP contribution is -2.40. The van der Waals surface area contributed by atoms with E-state index in [1.54, 1.807) is 18.3 Å². The van der Waals surface area contributed by atoms with Crippen molar-refractivity contribution < 1.29 is 19.1 Å². The summed E-state index contributed by atoms with van der Waals surface area (Å²) in [4.78, 5) is 26.2. The van der Waals surface area contributed by atoms with Gasteiger partial charge in [0.2, 0.25) is 0 Å². The summed E-state index contributed by atoms with van der Waals surface area (Å²) < 4.78 is 11.7. The molecule has 7 heteroatoms. The molecule has 0 aromatic heterocycles. The monoisotopic (exact) mass is 476 g/mol. The molecular formula is C27H25ClN2O4. The van der Waals surface area contributed by atoms with Crippen LogP contribution in [0.1, 0.15) is 24.5 Å². The number of carbonyl (C=O) groups is 2. The first-order valence-corrected chi connectivity index (χ1v) is 12.2. The molecule has 6 atom stereocenters. The number of hydrogen-bond donors (Lipinski definition) is 0. The lowest BCUT2D eigenvalue weighted by Gasteiger charge is -2.37. The molecule has 2 amide bonds. The van der Waals surface area contributed by atoms with Crippen LogP contribution in [0.4, 0.5) is 0 Å². The summed E-state index contributed by atoms with van der Waals surface area (Å²) in [5, 5.41) is 6.06. The number of ether oxygens (including phenoxy) is 2. The molecule has 1 heterocycles.